The van der Waals surface area contributed by atoms with E-state index in [1.165, 1.54) is 4.90 Å². The Morgan fingerprint density at radius 3 is 2.31 bits per heavy atom. The Balaban J connectivity index is 1.43. The standard InChI is InChI=1S/C27H19BrClN3O3/c28-16-5-11-19(12-6-16)32-26(34)21-22(27(32)35)24(25(33)30-18-9-7-17(29)8-10-18)31-14-13-15-3-1-2-4-20(15)23(21)31/h1-14,21-24H,(H,30,33)/t21-,22+,23?,24-/m0/s1. The van der Waals surface area contributed by atoms with E-state index < -0.39 is 23.9 Å². The van der Waals surface area contributed by atoms with Crippen LogP contribution in [-0.4, -0.2) is 28.7 Å². The largest absolute Gasteiger partial charge is 0.357 e. The second kappa shape index (κ2) is 8.36. The quantitative estimate of drug-likeness (QED) is 0.454. The van der Waals surface area contributed by atoms with Crippen LogP contribution >= 0.6 is 27.5 Å². The number of carbonyl (C=O) groups excluding carboxylic acids is 3. The lowest BCUT2D eigenvalue weighted by atomic mass is 9.84. The van der Waals surface area contributed by atoms with E-state index >= 15 is 0 Å². The van der Waals surface area contributed by atoms with Gasteiger partial charge in [0.05, 0.1) is 23.6 Å². The van der Waals surface area contributed by atoms with Gasteiger partial charge in [-0.2, -0.15) is 0 Å². The maximum Gasteiger partial charge on any atom is 0.247 e. The molecule has 0 spiro atoms. The molecule has 3 aliphatic heterocycles. The summed E-state index contributed by atoms with van der Waals surface area (Å²) in [6, 6.07) is 20.4. The smallest absolute Gasteiger partial charge is 0.247 e. The Hall–Kier alpha value is -3.42. The van der Waals surface area contributed by atoms with Crippen molar-refractivity contribution in [3.8, 4) is 0 Å². The fourth-order valence-electron chi connectivity index (χ4n) is 5.45. The predicted molar refractivity (Wildman–Crippen MR) is 138 cm³/mol. The molecule has 3 amide bonds. The summed E-state index contributed by atoms with van der Waals surface area (Å²) in [7, 11) is 0. The van der Waals surface area contributed by atoms with Gasteiger partial charge in [-0.15, -0.1) is 0 Å². The van der Waals surface area contributed by atoms with Gasteiger partial charge in [-0.3, -0.25) is 14.4 Å². The zero-order chi connectivity index (χ0) is 24.3. The van der Waals surface area contributed by atoms with Crippen molar-refractivity contribution in [3.05, 3.63) is 99.6 Å². The second-order valence-electron chi connectivity index (χ2n) is 8.82. The first-order valence-corrected chi connectivity index (χ1v) is 12.4. The highest BCUT2D eigenvalue weighted by molar-refractivity contribution is 9.10. The van der Waals surface area contributed by atoms with E-state index in [0.29, 0.717) is 16.4 Å². The Morgan fingerprint density at radius 1 is 0.886 bits per heavy atom. The first-order chi connectivity index (χ1) is 16.9. The van der Waals surface area contributed by atoms with Crippen LogP contribution < -0.4 is 10.2 Å². The van der Waals surface area contributed by atoms with Crippen molar-refractivity contribution in [1.29, 1.82) is 0 Å². The molecule has 3 aromatic rings. The van der Waals surface area contributed by atoms with Crippen LogP contribution in [-0.2, 0) is 14.4 Å². The second-order valence-corrected chi connectivity index (χ2v) is 10.2. The summed E-state index contributed by atoms with van der Waals surface area (Å²) in [5, 5.41) is 3.47. The highest BCUT2D eigenvalue weighted by atomic mass is 79.9. The lowest BCUT2D eigenvalue weighted by Crippen LogP contribution is -2.46. The molecule has 3 heterocycles. The lowest BCUT2D eigenvalue weighted by Gasteiger charge is -2.35. The molecule has 1 unspecified atom stereocenters. The highest BCUT2D eigenvalue weighted by Crippen LogP contribution is 2.53. The zero-order valence-corrected chi connectivity index (χ0v) is 20.6. The third-order valence-electron chi connectivity index (χ3n) is 6.93. The monoisotopic (exact) mass is 547 g/mol. The first kappa shape index (κ1) is 22.1. The fourth-order valence-corrected chi connectivity index (χ4v) is 5.84. The van der Waals surface area contributed by atoms with E-state index in [0.717, 1.165) is 15.6 Å². The summed E-state index contributed by atoms with van der Waals surface area (Å²) in [4.78, 5) is 44.4. The van der Waals surface area contributed by atoms with Gasteiger partial charge >= 0.3 is 0 Å². The van der Waals surface area contributed by atoms with Crippen LogP contribution in [0.25, 0.3) is 6.08 Å². The first-order valence-electron chi connectivity index (χ1n) is 11.2. The summed E-state index contributed by atoms with van der Waals surface area (Å²) in [5.41, 5.74) is 2.99. The van der Waals surface area contributed by atoms with Gasteiger partial charge in [0.25, 0.3) is 0 Å². The molecule has 174 valence electrons. The number of hydrogen-bond donors (Lipinski definition) is 1. The van der Waals surface area contributed by atoms with Crippen molar-refractivity contribution < 1.29 is 14.4 Å². The van der Waals surface area contributed by atoms with Crippen molar-refractivity contribution in [3.63, 3.8) is 0 Å². The van der Waals surface area contributed by atoms with E-state index in [9.17, 15) is 14.4 Å². The number of amides is 3. The third kappa shape index (κ3) is 3.49. The topological polar surface area (TPSA) is 69.7 Å². The molecule has 3 aliphatic rings. The van der Waals surface area contributed by atoms with Crippen LogP contribution in [0.4, 0.5) is 11.4 Å². The minimum absolute atomic E-state index is 0.288. The maximum absolute atomic E-state index is 13.8. The van der Waals surface area contributed by atoms with Crippen LogP contribution in [0.1, 0.15) is 17.2 Å². The molecule has 0 aromatic heterocycles. The van der Waals surface area contributed by atoms with Crippen molar-refractivity contribution in [1.82, 2.24) is 4.90 Å². The van der Waals surface area contributed by atoms with Crippen LogP contribution in [0.3, 0.4) is 0 Å². The summed E-state index contributed by atoms with van der Waals surface area (Å²) in [5.74, 6) is -2.49. The number of rotatable bonds is 3. The summed E-state index contributed by atoms with van der Waals surface area (Å²) >= 11 is 9.38. The number of fused-ring (bicyclic) bond motifs is 5. The molecule has 1 N–H and O–H groups in total. The van der Waals surface area contributed by atoms with Crippen molar-refractivity contribution in [2.24, 2.45) is 11.8 Å². The van der Waals surface area contributed by atoms with Crippen LogP contribution in [0, 0.1) is 11.8 Å². The number of nitrogens with one attached hydrogen (secondary N) is 1. The molecular formula is C27H19BrClN3O3. The average molecular weight is 549 g/mol. The number of hydrogen-bond acceptors (Lipinski definition) is 4. The molecule has 8 heteroatoms. The molecule has 4 atom stereocenters. The fraction of sp³-hybridized carbons (Fsp3) is 0.148. The Bertz CT molecular complexity index is 1390. The number of imide groups is 1. The van der Waals surface area contributed by atoms with Gasteiger partial charge in [-0.1, -0.05) is 51.8 Å². The van der Waals surface area contributed by atoms with Gasteiger partial charge in [-0.25, -0.2) is 4.90 Å². The summed E-state index contributed by atoms with van der Waals surface area (Å²) in [6.07, 6.45) is 3.76. The summed E-state index contributed by atoms with van der Waals surface area (Å²) < 4.78 is 0.846. The number of halogens is 2. The van der Waals surface area contributed by atoms with E-state index in [1.807, 2.05) is 41.4 Å². The average Bonchev–Trinajstić information content (AvgIpc) is 3.34. The van der Waals surface area contributed by atoms with Gasteiger partial charge in [0, 0.05) is 21.4 Å². The van der Waals surface area contributed by atoms with Crippen LogP contribution in [0.2, 0.25) is 5.02 Å². The van der Waals surface area contributed by atoms with Crippen molar-refractivity contribution in [2.45, 2.75) is 12.1 Å². The molecule has 3 aromatic carbocycles. The van der Waals surface area contributed by atoms with Crippen molar-refractivity contribution >= 4 is 62.7 Å². The number of anilines is 2. The van der Waals surface area contributed by atoms with Crippen molar-refractivity contribution in [2.75, 3.05) is 10.2 Å². The molecule has 0 saturated carbocycles. The van der Waals surface area contributed by atoms with Gasteiger partial charge in [0.15, 0.2) is 0 Å². The van der Waals surface area contributed by atoms with Gasteiger partial charge in [0.1, 0.15) is 6.04 Å². The molecular weight excluding hydrogens is 530 g/mol. The highest BCUT2D eigenvalue weighted by Gasteiger charge is 2.64. The van der Waals surface area contributed by atoms with E-state index in [4.69, 9.17) is 11.6 Å². The van der Waals surface area contributed by atoms with Crippen LogP contribution in [0.15, 0.2) is 83.5 Å². The van der Waals surface area contributed by atoms with E-state index in [-0.39, 0.29) is 17.7 Å². The maximum atomic E-state index is 13.8. The zero-order valence-electron chi connectivity index (χ0n) is 18.3. The Morgan fingerprint density at radius 2 is 1.57 bits per heavy atom. The Kier molecular flexibility index (Phi) is 5.27. The summed E-state index contributed by atoms with van der Waals surface area (Å²) in [6.45, 7) is 0. The molecule has 2 fully saturated rings. The molecule has 6 nitrogen and oxygen atoms in total. The molecule has 2 saturated heterocycles. The van der Waals surface area contributed by atoms with Crippen LogP contribution in [0.5, 0.6) is 0 Å². The van der Waals surface area contributed by atoms with Gasteiger partial charge in [-0.05, 0) is 65.7 Å². The SMILES string of the molecule is O=C(Nc1ccc(Cl)cc1)[C@@H]1[C@@H]2C(=O)N(c3ccc(Br)cc3)C(=O)[C@@H]2C2c3ccccc3C=CN21. The Labute approximate surface area is 215 Å². The minimum atomic E-state index is -0.845. The van der Waals surface area contributed by atoms with Gasteiger partial charge in [0.2, 0.25) is 17.7 Å². The molecule has 6 rings (SSSR count). The van der Waals surface area contributed by atoms with E-state index in [2.05, 4.69) is 21.2 Å². The minimum Gasteiger partial charge on any atom is -0.357 e. The predicted octanol–water partition coefficient (Wildman–Crippen LogP) is 5.26. The number of carbonyl (C=O) groups is 3. The lowest BCUT2D eigenvalue weighted by molar-refractivity contribution is -0.128. The normalized spacial score (nSPS) is 24.3. The van der Waals surface area contributed by atoms with E-state index in [1.54, 1.807) is 48.5 Å². The third-order valence-corrected chi connectivity index (χ3v) is 7.71. The molecule has 0 aliphatic carbocycles. The number of benzene rings is 3. The molecule has 0 bridgehead atoms. The molecule has 0 radical (unpaired) electrons. The van der Waals surface area contributed by atoms with Gasteiger partial charge < -0.3 is 10.2 Å². The number of nitrogens with zero attached hydrogens (tertiary/aromatic N) is 2. The molecule has 35 heavy (non-hydrogen) atoms.